The van der Waals surface area contributed by atoms with E-state index in [4.69, 9.17) is 9.47 Å². The number of amides is 1. The minimum Gasteiger partial charge on any atom is -0.497 e. The number of methoxy groups -OCH3 is 1. The van der Waals surface area contributed by atoms with Gasteiger partial charge in [0.05, 0.1) is 7.11 Å². The Balaban J connectivity index is 1.64. The van der Waals surface area contributed by atoms with Gasteiger partial charge in [0.25, 0.3) is 11.5 Å². The smallest absolute Gasteiger partial charge is 0.258 e. The zero-order chi connectivity index (χ0) is 17.6. The molecule has 0 bridgehead atoms. The number of para-hydroxylation sites is 1. The molecule has 6 nitrogen and oxygen atoms in total. The molecule has 0 fully saturated rings. The van der Waals surface area contributed by atoms with Crippen LogP contribution >= 0.6 is 0 Å². The van der Waals surface area contributed by atoms with Gasteiger partial charge in [0.1, 0.15) is 11.5 Å². The summed E-state index contributed by atoms with van der Waals surface area (Å²) in [5.74, 6) is 1.02. The average molecular weight is 338 g/mol. The Bertz CT molecular complexity index is 935. The molecule has 2 aromatic carbocycles. The van der Waals surface area contributed by atoms with E-state index in [1.165, 1.54) is 0 Å². The summed E-state index contributed by atoms with van der Waals surface area (Å²) in [5.41, 5.74) is 0.948. The highest BCUT2D eigenvalue weighted by atomic mass is 16.5. The molecule has 1 amide bonds. The second kappa shape index (κ2) is 7.53. The number of hydrogen-bond donors (Lipinski definition) is 2. The summed E-state index contributed by atoms with van der Waals surface area (Å²) in [5, 5.41) is 3.52. The number of aromatic amines is 1. The van der Waals surface area contributed by atoms with Crippen molar-refractivity contribution < 1.29 is 14.3 Å². The number of ether oxygens (including phenoxy) is 2. The van der Waals surface area contributed by atoms with Crippen molar-refractivity contribution >= 4 is 16.8 Å². The standard InChI is InChI=1S/C19H18N2O4/c1-24-16-7-8-17-13(10-16)9-14(19(23)21-17)11-20-18(22)12-25-15-5-3-2-4-6-15/h2-10H,11-12H2,1H3,(H,20,22)(H,21,23). The minimum absolute atomic E-state index is 0.108. The molecule has 0 unspecified atom stereocenters. The lowest BCUT2D eigenvalue weighted by molar-refractivity contribution is -0.123. The van der Waals surface area contributed by atoms with Crippen molar-refractivity contribution in [3.05, 3.63) is 70.5 Å². The van der Waals surface area contributed by atoms with Gasteiger partial charge in [-0.3, -0.25) is 9.59 Å². The molecule has 0 saturated carbocycles. The molecule has 0 aliphatic rings. The lowest BCUT2D eigenvalue weighted by atomic mass is 10.1. The number of aromatic nitrogens is 1. The molecule has 0 aliphatic carbocycles. The maximum atomic E-state index is 12.1. The number of rotatable bonds is 6. The molecule has 3 aromatic rings. The van der Waals surface area contributed by atoms with Crippen LogP contribution in [0.15, 0.2) is 59.4 Å². The number of H-pyrrole nitrogens is 1. The summed E-state index contributed by atoms with van der Waals surface area (Å²) in [6, 6.07) is 16.2. The normalized spacial score (nSPS) is 10.4. The van der Waals surface area contributed by atoms with Crippen molar-refractivity contribution in [1.29, 1.82) is 0 Å². The molecule has 25 heavy (non-hydrogen) atoms. The Kier molecular flexibility index (Phi) is 4.99. The van der Waals surface area contributed by atoms with Crippen molar-refractivity contribution in [2.24, 2.45) is 0 Å². The first-order chi connectivity index (χ1) is 12.2. The monoisotopic (exact) mass is 338 g/mol. The number of fused-ring (bicyclic) bond motifs is 1. The van der Waals surface area contributed by atoms with Crippen LogP contribution in [0.4, 0.5) is 0 Å². The first-order valence-electron chi connectivity index (χ1n) is 7.80. The van der Waals surface area contributed by atoms with E-state index >= 15 is 0 Å². The number of benzene rings is 2. The fraction of sp³-hybridized carbons (Fsp3) is 0.158. The highest BCUT2D eigenvalue weighted by Crippen LogP contribution is 2.18. The van der Waals surface area contributed by atoms with Gasteiger partial charge in [0.15, 0.2) is 6.61 Å². The van der Waals surface area contributed by atoms with E-state index in [1.54, 1.807) is 37.4 Å². The summed E-state index contributed by atoms with van der Waals surface area (Å²) in [6.07, 6.45) is 0. The fourth-order valence-electron chi connectivity index (χ4n) is 2.40. The van der Waals surface area contributed by atoms with Crippen LogP contribution in [0.5, 0.6) is 11.5 Å². The van der Waals surface area contributed by atoms with Gasteiger partial charge in [0.2, 0.25) is 0 Å². The van der Waals surface area contributed by atoms with Gasteiger partial charge >= 0.3 is 0 Å². The van der Waals surface area contributed by atoms with Crippen LogP contribution in [0.2, 0.25) is 0 Å². The number of carbonyl (C=O) groups excluding carboxylic acids is 1. The second-order valence-electron chi connectivity index (χ2n) is 5.46. The zero-order valence-corrected chi connectivity index (χ0v) is 13.7. The first-order valence-corrected chi connectivity index (χ1v) is 7.80. The second-order valence-corrected chi connectivity index (χ2v) is 5.46. The summed E-state index contributed by atoms with van der Waals surface area (Å²) < 4.78 is 10.6. The molecule has 0 saturated heterocycles. The Labute approximate surface area is 144 Å². The highest BCUT2D eigenvalue weighted by Gasteiger charge is 2.07. The predicted molar refractivity (Wildman–Crippen MR) is 94.9 cm³/mol. The molecule has 1 heterocycles. The molecule has 0 radical (unpaired) electrons. The van der Waals surface area contributed by atoms with Gasteiger partial charge in [-0.15, -0.1) is 0 Å². The fourth-order valence-corrected chi connectivity index (χ4v) is 2.40. The molecular weight excluding hydrogens is 320 g/mol. The minimum atomic E-state index is -0.297. The van der Waals surface area contributed by atoms with Crippen LogP contribution < -0.4 is 20.3 Å². The maximum absolute atomic E-state index is 12.1. The van der Waals surface area contributed by atoms with Crippen LogP contribution in [0, 0.1) is 0 Å². The van der Waals surface area contributed by atoms with Gasteiger partial charge in [-0.1, -0.05) is 18.2 Å². The molecule has 0 aliphatic heterocycles. The Morgan fingerprint density at radius 1 is 1.08 bits per heavy atom. The van der Waals surface area contributed by atoms with Gasteiger partial charge in [-0.05, 0) is 36.4 Å². The van der Waals surface area contributed by atoms with Crippen molar-refractivity contribution in [3.63, 3.8) is 0 Å². The molecule has 128 valence electrons. The van der Waals surface area contributed by atoms with Gasteiger partial charge < -0.3 is 19.8 Å². The Morgan fingerprint density at radius 3 is 2.64 bits per heavy atom. The highest BCUT2D eigenvalue weighted by molar-refractivity contribution is 5.81. The molecule has 3 rings (SSSR count). The number of nitrogens with one attached hydrogen (secondary N) is 2. The average Bonchev–Trinajstić information content (AvgIpc) is 2.65. The molecule has 0 spiro atoms. The summed E-state index contributed by atoms with van der Waals surface area (Å²) in [7, 11) is 1.58. The molecule has 6 heteroatoms. The molecular formula is C19H18N2O4. The summed E-state index contributed by atoms with van der Waals surface area (Å²) in [4.78, 5) is 26.8. The van der Waals surface area contributed by atoms with E-state index < -0.39 is 0 Å². The van der Waals surface area contributed by atoms with Crippen molar-refractivity contribution in [3.8, 4) is 11.5 Å². The number of hydrogen-bond acceptors (Lipinski definition) is 4. The molecule has 1 aromatic heterocycles. The summed E-state index contributed by atoms with van der Waals surface area (Å²) >= 11 is 0. The third-order valence-corrected chi connectivity index (χ3v) is 3.72. The van der Waals surface area contributed by atoms with E-state index in [9.17, 15) is 9.59 Å². The van der Waals surface area contributed by atoms with Gasteiger partial charge in [-0.25, -0.2) is 0 Å². The van der Waals surface area contributed by atoms with Gasteiger partial charge in [0, 0.05) is 23.0 Å². The quantitative estimate of drug-likeness (QED) is 0.722. The van der Waals surface area contributed by atoms with Crippen molar-refractivity contribution in [2.75, 3.05) is 13.7 Å². The van der Waals surface area contributed by atoms with Gasteiger partial charge in [-0.2, -0.15) is 0 Å². The summed E-state index contributed by atoms with van der Waals surface area (Å²) in [6.45, 7) is 0.0167. The van der Waals surface area contributed by atoms with Crippen LogP contribution in [0.3, 0.4) is 0 Å². The first kappa shape index (κ1) is 16.6. The van der Waals surface area contributed by atoms with Crippen molar-refractivity contribution in [2.45, 2.75) is 6.54 Å². The SMILES string of the molecule is COc1ccc2[nH]c(=O)c(CNC(=O)COc3ccccc3)cc2c1. The largest absolute Gasteiger partial charge is 0.497 e. The lowest BCUT2D eigenvalue weighted by Gasteiger charge is -2.08. The molecule has 2 N–H and O–H groups in total. The van der Waals surface area contributed by atoms with Crippen LogP contribution in [-0.2, 0) is 11.3 Å². The maximum Gasteiger partial charge on any atom is 0.258 e. The third kappa shape index (κ3) is 4.17. The molecule has 0 atom stereocenters. The predicted octanol–water partition coefficient (Wildman–Crippen LogP) is 2.23. The third-order valence-electron chi connectivity index (χ3n) is 3.72. The number of carbonyl (C=O) groups is 1. The zero-order valence-electron chi connectivity index (χ0n) is 13.7. The van der Waals surface area contributed by atoms with E-state index in [-0.39, 0.29) is 24.6 Å². The van der Waals surface area contributed by atoms with Crippen LogP contribution in [-0.4, -0.2) is 24.6 Å². The Morgan fingerprint density at radius 2 is 1.88 bits per heavy atom. The van der Waals surface area contributed by atoms with Crippen LogP contribution in [0.1, 0.15) is 5.56 Å². The van der Waals surface area contributed by atoms with Crippen LogP contribution in [0.25, 0.3) is 10.9 Å². The van der Waals surface area contributed by atoms with E-state index in [2.05, 4.69) is 10.3 Å². The van der Waals surface area contributed by atoms with E-state index in [1.807, 2.05) is 24.3 Å². The van der Waals surface area contributed by atoms with E-state index in [0.29, 0.717) is 22.6 Å². The number of pyridine rings is 1. The topological polar surface area (TPSA) is 80.4 Å². The Hall–Kier alpha value is -3.28. The van der Waals surface area contributed by atoms with Crippen molar-refractivity contribution in [1.82, 2.24) is 10.3 Å². The lowest BCUT2D eigenvalue weighted by Crippen LogP contribution is -2.30. The van der Waals surface area contributed by atoms with E-state index in [0.717, 1.165) is 5.39 Å².